The van der Waals surface area contributed by atoms with Gasteiger partial charge in [0.25, 0.3) is 0 Å². The van der Waals surface area contributed by atoms with E-state index < -0.39 is 0 Å². The Morgan fingerprint density at radius 3 is 2.82 bits per heavy atom. The van der Waals surface area contributed by atoms with Gasteiger partial charge < -0.3 is 4.74 Å². The Balaban J connectivity index is 1.88. The number of ether oxygens (including phenoxy) is 1. The van der Waals surface area contributed by atoms with Crippen molar-refractivity contribution in [3.8, 4) is 5.88 Å². The van der Waals surface area contributed by atoms with Crippen molar-refractivity contribution in [2.24, 2.45) is 0 Å². The van der Waals surface area contributed by atoms with Crippen molar-refractivity contribution in [3.63, 3.8) is 0 Å². The maximum Gasteiger partial charge on any atom is 0.231 e. The topological polar surface area (TPSA) is 35.0 Å². The second-order valence-corrected chi connectivity index (χ2v) is 4.15. The minimum Gasteiger partial charge on any atom is -0.473 e. The third-order valence-electron chi connectivity index (χ3n) is 2.06. The van der Waals surface area contributed by atoms with Gasteiger partial charge in [0.2, 0.25) is 5.88 Å². The Morgan fingerprint density at radius 1 is 1.24 bits per heavy atom. The van der Waals surface area contributed by atoms with Gasteiger partial charge in [-0.2, -0.15) is 0 Å². The second kappa shape index (κ2) is 6.15. The smallest absolute Gasteiger partial charge is 0.231 e. The lowest BCUT2D eigenvalue weighted by Crippen LogP contribution is -1.96. The Morgan fingerprint density at radius 2 is 2.06 bits per heavy atom. The van der Waals surface area contributed by atoms with Gasteiger partial charge in [-0.25, -0.2) is 9.97 Å². The highest BCUT2D eigenvalue weighted by Crippen LogP contribution is 2.19. The number of benzene rings is 1. The van der Waals surface area contributed by atoms with E-state index in [1.165, 1.54) is 6.33 Å². The Hall–Kier alpha value is -1.68. The van der Waals surface area contributed by atoms with E-state index in [2.05, 4.69) is 25.9 Å². The van der Waals surface area contributed by atoms with Gasteiger partial charge in [-0.1, -0.05) is 36.4 Å². The number of halogens is 1. The molecule has 0 spiro atoms. The van der Waals surface area contributed by atoms with E-state index in [9.17, 15) is 0 Å². The van der Waals surface area contributed by atoms with Crippen LogP contribution < -0.4 is 4.74 Å². The number of hydrogen-bond donors (Lipinski definition) is 0. The van der Waals surface area contributed by atoms with Crippen LogP contribution in [0.4, 0.5) is 0 Å². The molecule has 1 heterocycles. The Bertz CT molecular complexity index is 500. The van der Waals surface area contributed by atoms with Crippen LogP contribution in [0, 0.1) is 0 Å². The molecule has 86 valence electrons. The summed E-state index contributed by atoms with van der Waals surface area (Å²) < 4.78 is 6.23. The van der Waals surface area contributed by atoms with Crippen molar-refractivity contribution in [2.45, 2.75) is 0 Å². The number of nitrogens with zero attached hydrogens (tertiary/aromatic N) is 2. The second-order valence-electron chi connectivity index (χ2n) is 3.30. The van der Waals surface area contributed by atoms with Gasteiger partial charge in [-0.05, 0) is 27.6 Å². The van der Waals surface area contributed by atoms with Crippen molar-refractivity contribution in [3.05, 3.63) is 59.0 Å². The molecule has 0 aliphatic rings. The highest BCUT2D eigenvalue weighted by atomic mass is 79.9. The summed E-state index contributed by atoms with van der Waals surface area (Å²) in [6.45, 7) is 0.477. The first kappa shape index (κ1) is 11.8. The lowest BCUT2D eigenvalue weighted by Gasteiger charge is -2.02. The zero-order chi connectivity index (χ0) is 11.9. The summed E-state index contributed by atoms with van der Waals surface area (Å²) in [7, 11) is 0. The molecule has 0 amide bonds. The molecule has 2 rings (SSSR count). The summed E-state index contributed by atoms with van der Waals surface area (Å²) >= 11 is 3.32. The normalized spacial score (nSPS) is 10.6. The number of aromatic nitrogens is 2. The van der Waals surface area contributed by atoms with Crippen molar-refractivity contribution in [2.75, 3.05) is 6.61 Å². The summed E-state index contributed by atoms with van der Waals surface area (Å²) in [5.74, 6) is 0.553. The van der Waals surface area contributed by atoms with Crippen molar-refractivity contribution < 1.29 is 4.74 Å². The van der Waals surface area contributed by atoms with E-state index in [0.29, 0.717) is 12.5 Å². The molecule has 0 saturated heterocycles. The van der Waals surface area contributed by atoms with Crippen molar-refractivity contribution >= 4 is 22.0 Å². The molecule has 3 nitrogen and oxygen atoms in total. The molecule has 0 unspecified atom stereocenters. The molecule has 0 aliphatic carbocycles. The largest absolute Gasteiger partial charge is 0.473 e. The first-order chi connectivity index (χ1) is 8.36. The van der Waals surface area contributed by atoms with Crippen molar-refractivity contribution in [1.29, 1.82) is 0 Å². The Labute approximate surface area is 108 Å². The fourth-order valence-corrected chi connectivity index (χ4v) is 1.62. The highest BCUT2D eigenvalue weighted by molar-refractivity contribution is 9.10. The molecule has 1 aromatic heterocycles. The lowest BCUT2D eigenvalue weighted by molar-refractivity contribution is 0.345. The molecular formula is C13H11BrN2O. The van der Waals surface area contributed by atoms with Crippen LogP contribution in [0.5, 0.6) is 5.88 Å². The van der Waals surface area contributed by atoms with Crippen LogP contribution in [0.25, 0.3) is 6.08 Å². The SMILES string of the molecule is Brc1cncnc1OCC=Cc1ccccc1. The van der Waals surface area contributed by atoms with Gasteiger partial charge in [0, 0.05) is 6.20 Å². The molecular weight excluding hydrogens is 280 g/mol. The first-order valence-electron chi connectivity index (χ1n) is 5.16. The molecule has 1 aromatic carbocycles. The highest BCUT2D eigenvalue weighted by Gasteiger charge is 1.99. The molecule has 17 heavy (non-hydrogen) atoms. The third-order valence-corrected chi connectivity index (χ3v) is 2.60. The van der Waals surface area contributed by atoms with Gasteiger partial charge in [0.05, 0.1) is 4.47 Å². The maximum absolute atomic E-state index is 5.47. The average molecular weight is 291 g/mol. The quantitative estimate of drug-likeness (QED) is 0.866. The van der Waals surface area contributed by atoms with Gasteiger partial charge in [0.1, 0.15) is 12.9 Å². The molecule has 4 heteroatoms. The molecule has 0 bridgehead atoms. The summed E-state index contributed by atoms with van der Waals surface area (Å²) in [6, 6.07) is 10.1. The zero-order valence-electron chi connectivity index (χ0n) is 9.08. The van der Waals surface area contributed by atoms with E-state index in [4.69, 9.17) is 4.74 Å². The van der Waals surface area contributed by atoms with Crippen LogP contribution in [0.3, 0.4) is 0 Å². The molecule has 0 N–H and O–H groups in total. The van der Waals surface area contributed by atoms with Crippen LogP contribution in [0.2, 0.25) is 0 Å². The first-order valence-corrected chi connectivity index (χ1v) is 5.95. The predicted octanol–water partition coefficient (Wildman–Crippen LogP) is 3.33. The molecule has 2 aromatic rings. The van der Waals surface area contributed by atoms with Crippen molar-refractivity contribution in [1.82, 2.24) is 9.97 Å². The van der Waals surface area contributed by atoms with Crippen LogP contribution in [0.1, 0.15) is 5.56 Å². The van der Waals surface area contributed by atoms with Gasteiger partial charge >= 0.3 is 0 Å². The van der Waals surface area contributed by atoms with E-state index in [1.54, 1.807) is 6.20 Å². The lowest BCUT2D eigenvalue weighted by atomic mass is 10.2. The number of hydrogen-bond acceptors (Lipinski definition) is 3. The minimum absolute atomic E-state index is 0.477. The molecule has 0 aliphatic heterocycles. The van der Waals surface area contributed by atoms with E-state index in [-0.39, 0.29) is 0 Å². The number of rotatable bonds is 4. The van der Waals surface area contributed by atoms with Crippen LogP contribution in [0.15, 0.2) is 53.4 Å². The van der Waals surface area contributed by atoms with Crippen LogP contribution >= 0.6 is 15.9 Å². The predicted molar refractivity (Wildman–Crippen MR) is 70.7 cm³/mol. The van der Waals surface area contributed by atoms with E-state index >= 15 is 0 Å². The third kappa shape index (κ3) is 3.67. The summed E-state index contributed by atoms with van der Waals surface area (Å²) in [6.07, 6.45) is 7.07. The fourth-order valence-electron chi connectivity index (χ4n) is 1.28. The minimum atomic E-state index is 0.477. The van der Waals surface area contributed by atoms with Crippen LogP contribution in [-0.4, -0.2) is 16.6 Å². The maximum atomic E-state index is 5.47. The monoisotopic (exact) mass is 290 g/mol. The molecule has 0 radical (unpaired) electrons. The van der Waals surface area contributed by atoms with E-state index in [1.807, 2.05) is 42.5 Å². The average Bonchev–Trinajstić information content (AvgIpc) is 2.38. The zero-order valence-corrected chi connectivity index (χ0v) is 10.7. The molecule has 0 atom stereocenters. The van der Waals surface area contributed by atoms with Gasteiger partial charge in [-0.3, -0.25) is 0 Å². The summed E-state index contributed by atoms with van der Waals surface area (Å²) in [5, 5.41) is 0. The fraction of sp³-hybridized carbons (Fsp3) is 0.0769. The molecule has 0 fully saturated rings. The van der Waals surface area contributed by atoms with E-state index in [0.717, 1.165) is 10.0 Å². The van der Waals surface area contributed by atoms with Gasteiger partial charge in [-0.15, -0.1) is 0 Å². The summed E-state index contributed by atoms with van der Waals surface area (Å²) in [4.78, 5) is 7.87. The Kier molecular flexibility index (Phi) is 4.27. The molecule has 0 saturated carbocycles. The van der Waals surface area contributed by atoms with Gasteiger partial charge in [0.15, 0.2) is 0 Å². The summed E-state index contributed by atoms with van der Waals surface area (Å²) in [5.41, 5.74) is 1.15. The standard InChI is InChI=1S/C13H11BrN2O/c14-12-9-15-10-16-13(12)17-8-4-7-11-5-2-1-3-6-11/h1-7,9-10H,8H2. The van der Waals surface area contributed by atoms with Crippen LogP contribution in [-0.2, 0) is 0 Å².